The molecule has 0 N–H and O–H groups in total. The monoisotopic (exact) mass is 580 g/mol. The summed E-state index contributed by atoms with van der Waals surface area (Å²) in [5.74, 6) is -2.16. The van der Waals surface area contributed by atoms with Gasteiger partial charge in [-0.1, -0.05) is 107 Å². The van der Waals surface area contributed by atoms with Gasteiger partial charge < -0.3 is 14.2 Å². The van der Waals surface area contributed by atoms with Gasteiger partial charge in [0.25, 0.3) is 0 Å². The minimum absolute atomic E-state index is 0.114. The van der Waals surface area contributed by atoms with E-state index in [1.165, 1.54) is 63.1 Å². The van der Waals surface area contributed by atoms with Gasteiger partial charge in [0.15, 0.2) is 17.9 Å². The maximum Gasteiger partial charge on any atom is 0.201 e. The number of ether oxygens (including phenoxy) is 3. The minimum atomic E-state index is -1.03. The second-order valence-electron chi connectivity index (χ2n) is 11.0. The Morgan fingerprint density at radius 2 is 1.38 bits per heavy atom. The molecule has 0 radical (unpaired) electrons. The normalized spacial score (nSPS) is 17.2. The molecule has 0 atom stereocenters. The molecule has 6 heteroatoms. The van der Waals surface area contributed by atoms with Gasteiger partial charge in [0, 0.05) is 22.6 Å². The Morgan fingerprint density at radius 3 is 2.05 bits per heavy atom. The van der Waals surface area contributed by atoms with Crippen LogP contribution in [0.25, 0.3) is 22.3 Å². The van der Waals surface area contributed by atoms with Crippen LogP contribution in [0.1, 0.15) is 83.5 Å². The van der Waals surface area contributed by atoms with Crippen molar-refractivity contribution in [3.8, 4) is 28.0 Å². The molecule has 3 nitrogen and oxygen atoms in total. The van der Waals surface area contributed by atoms with Crippen LogP contribution in [0.15, 0.2) is 66.7 Å². The number of unbranched alkanes of at least 4 members (excludes halogenated alkanes) is 6. The van der Waals surface area contributed by atoms with Gasteiger partial charge in [0.1, 0.15) is 12.4 Å². The van der Waals surface area contributed by atoms with E-state index >= 15 is 4.39 Å². The third-order valence-corrected chi connectivity index (χ3v) is 7.74. The van der Waals surface area contributed by atoms with E-state index in [1.807, 2.05) is 19.1 Å². The molecule has 4 rings (SSSR count). The molecular formula is C36H43F3O3. The van der Waals surface area contributed by atoms with Crippen molar-refractivity contribution >= 4 is 0 Å². The van der Waals surface area contributed by atoms with Crippen LogP contribution in [0.4, 0.5) is 13.2 Å². The SMILES string of the molecule is CCC=CCOc1ccc(-c2ccc(-c3ccc(C4OCC(CCCCCCCCC)CO4)cc3F)cc2)c(F)c1F. The van der Waals surface area contributed by atoms with Crippen LogP contribution < -0.4 is 4.74 Å². The second-order valence-corrected chi connectivity index (χ2v) is 11.0. The summed E-state index contributed by atoms with van der Waals surface area (Å²) in [4.78, 5) is 0. The molecule has 0 spiro atoms. The zero-order valence-corrected chi connectivity index (χ0v) is 24.8. The Balaban J connectivity index is 1.31. The highest BCUT2D eigenvalue weighted by Crippen LogP contribution is 2.34. The Labute approximate surface area is 248 Å². The van der Waals surface area contributed by atoms with Crippen molar-refractivity contribution in [2.24, 2.45) is 5.92 Å². The number of hydrogen-bond acceptors (Lipinski definition) is 3. The lowest BCUT2D eigenvalue weighted by Crippen LogP contribution is -2.27. The van der Waals surface area contributed by atoms with Crippen LogP contribution in [0.3, 0.4) is 0 Å². The molecule has 1 saturated heterocycles. The van der Waals surface area contributed by atoms with Crippen LogP contribution >= 0.6 is 0 Å². The molecule has 1 heterocycles. The Hall–Kier alpha value is -3.09. The van der Waals surface area contributed by atoms with Gasteiger partial charge in [0.05, 0.1) is 13.2 Å². The lowest BCUT2D eigenvalue weighted by atomic mass is 9.98. The summed E-state index contributed by atoms with van der Waals surface area (Å²) in [7, 11) is 0. The summed E-state index contributed by atoms with van der Waals surface area (Å²) in [6, 6.07) is 14.6. The van der Waals surface area contributed by atoms with E-state index in [9.17, 15) is 8.78 Å². The highest BCUT2D eigenvalue weighted by atomic mass is 19.2. The van der Waals surface area contributed by atoms with Gasteiger partial charge in [-0.3, -0.25) is 0 Å². The van der Waals surface area contributed by atoms with E-state index in [0.29, 0.717) is 41.4 Å². The molecule has 3 aromatic rings. The lowest BCUT2D eigenvalue weighted by Gasteiger charge is -2.29. The van der Waals surface area contributed by atoms with Crippen molar-refractivity contribution in [2.75, 3.05) is 19.8 Å². The smallest absolute Gasteiger partial charge is 0.201 e. The van der Waals surface area contributed by atoms with Crippen LogP contribution in [0.5, 0.6) is 5.75 Å². The predicted molar refractivity (Wildman–Crippen MR) is 163 cm³/mol. The summed E-state index contributed by atoms with van der Waals surface area (Å²) in [5, 5.41) is 0. The number of hydrogen-bond donors (Lipinski definition) is 0. The first-order chi connectivity index (χ1) is 20.5. The quantitative estimate of drug-likeness (QED) is 0.132. The third-order valence-electron chi connectivity index (χ3n) is 7.74. The van der Waals surface area contributed by atoms with Crippen molar-refractivity contribution in [1.29, 1.82) is 0 Å². The topological polar surface area (TPSA) is 27.7 Å². The van der Waals surface area contributed by atoms with Gasteiger partial charge in [-0.25, -0.2) is 8.78 Å². The predicted octanol–water partition coefficient (Wildman–Crippen LogP) is 10.6. The standard InChI is InChI=1S/C36H43F3O3/c1-3-5-7-8-9-10-11-13-26-24-41-36(42-25-26)29-18-19-30(32(37)23-29)27-14-16-28(17-15-27)31-20-21-33(35(39)34(31)38)40-22-12-6-4-2/h6,12,14-21,23,26,36H,3-5,7-11,13,22,24-25H2,1-2H3. The molecule has 0 bridgehead atoms. The summed E-state index contributed by atoms with van der Waals surface area (Å²) in [6.07, 6.45) is 14.0. The number of halogens is 3. The van der Waals surface area contributed by atoms with Crippen molar-refractivity contribution in [1.82, 2.24) is 0 Å². The molecule has 3 aromatic carbocycles. The van der Waals surface area contributed by atoms with Gasteiger partial charge >= 0.3 is 0 Å². The van der Waals surface area contributed by atoms with E-state index < -0.39 is 23.7 Å². The van der Waals surface area contributed by atoms with E-state index in [4.69, 9.17) is 14.2 Å². The highest BCUT2D eigenvalue weighted by Gasteiger charge is 2.24. The highest BCUT2D eigenvalue weighted by molar-refractivity contribution is 5.71. The summed E-state index contributed by atoms with van der Waals surface area (Å²) in [5.41, 5.74) is 2.29. The largest absolute Gasteiger partial charge is 0.486 e. The summed E-state index contributed by atoms with van der Waals surface area (Å²) in [6.45, 7) is 5.62. The number of allylic oxidation sites excluding steroid dienone is 1. The summed E-state index contributed by atoms with van der Waals surface area (Å²) < 4.78 is 61.8. The Kier molecular flexibility index (Phi) is 12.5. The zero-order valence-electron chi connectivity index (χ0n) is 24.8. The van der Waals surface area contributed by atoms with Gasteiger partial charge in [-0.15, -0.1) is 0 Å². The first kappa shape index (κ1) is 31.8. The van der Waals surface area contributed by atoms with Crippen molar-refractivity contribution in [3.05, 3.63) is 89.8 Å². The van der Waals surface area contributed by atoms with E-state index in [-0.39, 0.29) is 17.9 Å². The Morgan fingerprint density at radius 1 is 0.738 bits per heavy atom. The molecule has 226 valence electrons. The van der Waals surface area contributed by atoms with Crippen LogP contribution in [-0.2, 0) is 9.47 Å². The molecular weight excluding hydrogens is 537 g/mol. The molecule has 0 amide bonds. The van der Waals surface area contributed by atoms with Crippen LogP contribution in [-0.4, -0.2) is 19.8 Å². The maximum absolute atomic E-state index is 15.2. The van der Waals surface area contributed by atoms with Gasteiger partial charge in [0.2, 0.25) is 5.82 Å². The lowest BCUT2D eigenvalue weighted by molar-refractivity contribution is -0.206. The fourth-order valence-electron chi connectivity index (χ4n) is 5.27. The first-order valence-electron chi connectivity index (χ1n) is 15.4. The number of benzene rings is 3. The van der Waals surface area contributed by atoms with Gasteiger partial charge in [-0.05, 0) is 42.2 Å². The molecule has 0 saturated carbocycles. The third kappa shape index (κ3) is 8.71. The van der Waals surface area contributed by atoms with Gasteiger partial charge in [-0.2, -0.15) is 4.39 Å². The van der Waals surface area contributed by atoms with Crippen molar-refractivity contribution in [3.63, 3.8) is 0 Å². The van der Waals surface area contributed by atoms with E-state index in [2.05, 4.69) is 6.92 Å². The van der Waals surface area contributed by atoms with Crippen LogP contribution in [0, 0.1) is 23.4 Å². The molecule has 0 unspecified atom stereocenters. The molecule has 0 aliphatic carbocycles. The maximum atomic E-state index is 15.2. The summed E-state index contributed by atoms with van der Waals surface area (Å²) >= 11 is 0. The molecule has 0 aromatic heterocycles. The minimum Gasteiger partial charge on any atom is -0.486 e. The average Bonchev–Trinajstić information content (AvgIpc) is 3.01. The Bertz CT molecular complexity index is 1280. The fourth-order valence-corrected chi connectivity index (χ4v) is 5.27. The van der Waals surface area contributed by atoms with Crippen LogP contribution in [0.2, 0.25) is 0 Å². The zero-order chi connectivity index (χ0) is 29.7. The van der Waals surface area contributed by atoms with Crippen molar-refractivity contribution in [2.45, 2.75) is 77.9 Å². The first-order valence-corrected chi connectivity index (χ1v) is 15.4. The van der Waals surface area contributed by atoms with Crippen molar-refractivity contribution < 1.29 is 27.4 Å². The fraction of sp³-hybridized carbons (Fsp3) is 0.444. The average molecular weight is 581 g/mol. The molecule has 1 fully saturated rings. The molecule has 42 heavy (non-hydrogen) atoms. The number of rotatable bonds is 15. The van der Waals surface area contributed by atoms with E-state index in [0.717, 1.165) is 12.8 Å². The molecule has 1 aliphatic heterocycles. The molecule has 1 aliphatic rings. The second kappa shape index (κ2) is 16.5. The van der Waals surface area contributed by atoms with E-state index in [1.54, 1.807) is 36.4 Å².